The normalized spacial score (nSPS) is 13.3. The van der Waals surface area contributed by atoms with E-state index >= 15 is 0 Å². The summed E-state index contributed by atoms with van der Waals surface area (Å²) in [4.78, 5) is 3.75. The second kappa shape index (κ2) is 4.82. The van der Waals surface area contributed by atoms with Crippen LogP contribution in [0.5, 0.6) is 0 Å². The molecule has 2 nitrogen and oxygen atoms in total. The van der Waals surface area contributed by atoms with Crippen LogP contribution in [-0.4, -0.2) is 4.98 Å². The molecule has 2 N–H and O–H groups in total. The van der Waals surface area contributed by atoms with Crippen molar-refractivity contribution >= 4 is 0 Å². The summed E-state index contributed by atoms with van der Waals surface area (Å²) in [5.41, 5.74) is 6.28. The summed E-state index contributed by atoms with van der Waals surface area (Å²) in [7, 11) is 0. The first-order valence-corrected chi connectivity index (χ1v) is 5.66. The van der Waals surface area contributed by atoms with Crippen LogP contribution in [0.3, 0.4) is 0 Å². The SMILES string of the molecule is CC(N)c1cccc(C(F)(F)c2ccncc2)c1. The van der Waals surface area contributed by atoms with Crippen molar-refractivity contribution in [3.05, 3.63) is 65.5 Å². The Hall–Kier alpha value is -1.81. The summed E-state index contributed by atoms with van der Waals surface area (Å²) in [5.74, 6) is -3.03. The molecule has 0 aliphatic rings. The quantitative estimate of drug-likeness (QED) is 0.905. The van der Waals surface area contributed by atoms with Gasteiger partial charge in [0.2, 0.25) is 0 Å². The number of rotatable bonds is 3. The highest BCUT2D eigenvalue weighted by Crippen LogP contribution is 2.35. The second-order valence-corrected chi connectivity index (χ2v) is 4.22. The minimum Gasteiger partial charge on any atom is -0.324 e. The molecule has 1 aromatic heterocycles. The largest absolute Gasteiger partial charge is 0.324 e. The van der Waals surface area contributed by atoms with Crippen LogP contribution in [0, 0.1) is 0 Å². The highest BCUT2D eigenvalue weighted by Gasteiger charge is 2.34. The molecule has 0 radical (unpaired) electrons. The van der Waals surface area contributed by atoms with Gasteiger partial charge < -0.3 is 5.73 Å². The fraction of sp³-hybridized carbons (Fsp3) is 0.214. The molecule has 0 saturated heterocycles. The molecule has 0 aliphatic heterocycles. The highest BCUT2D eigenvalue weighted by atomic mass is 19.3. The smallest absolute Gasteiger partial charge is 0.298 e. The van der Waals surface area contributed by atoms with Crippen molar-refractivity contribution in [1.82, 2.24) is 4.98 Å². The van der Waals surface area contributed by atoms with Crippen molar-refractivity contribution in [2.75, 3.05) is 0 Å². The van der Waals surface area contributed by atoms with Gasteiger partial charge in [-0.3, -0.25) is 4.98 Å². The summed E-state index contributed by atoms with van der Waals surface area (Å²) in [6, 6.07) is 8.58. The molecule has 0 saturated carbocycles. The molecule has 18 heavy (non-hydrogen) atoms. The third-order valence-corrected chi connectivity index (χ3v) is 2.82. The molecule has 2 aromatic rings. The minimum atomic E-state index is -3.03. The fourth-order valence-corrected chi connectivity index (χ4v) is 1.75. The Morgan fingerprint density at radius 3 is 2.39 bits per heavy atom. The maximum atomic E-state index is 14.3. The van der Waals surface area contributed by atoms with Gasteiger partial charge in [-0.2, -0.15) is 8.78 Å². The van der Waals surface area contributed by atoms with E-state index in [4.69, 9.17) is 5.73 Å². The van der Waals surface area contributed by atoms with E-state index in [0.29, 0.717) is 5.56 Å². The number of hydrogen-bond donors (Lipinski definition) is 1. The van der Waals surface area contributed by atoms with Crippen LogP contribution in [0.2, 0.25) is 0 Å². The Labute approximate surface area is 104 Å². The molecule has 0 spiro atoms. The zero-order valence-electron chi connectivity index (χ0n) is 9.98. The molecule has 4 heteroatoms. The first-order chi connectivity index (χ1) is 8.51. The zero-order valence-corrected chi connectivity index (χ0v) is 9.98. The molecular weight excluding hydrogens is 234 g/mol. The van der Waals surface area contributed by atoms with Gasteiger partial charge in [0.1, 0.15) is 0 Å². The first-order valence-electron chi connectivity index (χ1n) is 5.66. The molecule has 1 aromatic carbocycles. The van der Waals surface area contributed by atoms with Gasteiger partial charge >= 0.3 is 0 Å². The summed E-state index contributed by atoms with van der Waals surface area (Å²) >= 11 is 0. The van der Waals surface area contributed by atoms with Crippen LogP contribution in [0.15, 0.2) is 48.8 Å². The lowest BCUT2D eigenvalue weighted by Crippen LogP contribution is -2.16. The Bertz CT molecular complexity index is 524. The number of nitrogens with two attached hydrogens (primary N) is 1. The molecule has 0 amide bonds. The average molecular weight is 248 g/mol. The number of pyridine rings is 1. The number of benzene rings is 1. The van der Waals surface area contributed by atoms with Crippen LogP contribution < -0.4 is 5.73 Å². The monoisotopic (exact) mass is 248 g/mol. The number of alkyl halides is 2. The van der Waals surface area contributed by atoms with E-state index in [1.165, 1.54) is 36.7 Å². The predicted octanol–water partition coefficient (Wildman–Crippen LogP) is 3.24. The lowest BCUT2D eigenvalue weighted by molar-refractivity contribution is 0.0426. The van der Waals surface area contributed by atoms with E-state index < -0.39 is 5.92 Å². The van der Waals surface area contributed by atoms with Crippen LogP contribution in [0.4, 0.5) is 8.78 Å². The number of aromatic nitrogens is 1. The summed E-state index contributed by atoms with van der Waals surface area (Å²) in [5, 5.41) is 0. The van der Waals surface area contributed by atoms with Gasteiger partial charge in [0.25, 0.3) is 5.92 Å². The third kappa shape index (κ3) is 2.38. The molecule has 1 unspecified atom stereocenters. The van der Waals surface area contributed by atoms with Gasteiger partial charge in [-0.05, 0) is 30.7 Å². The van der Waals surface area contributed by atoms with E-state index in [-0.39, 0.29) is 17.2 Å². The molecule has 94 valence electrons. The molecule has 0 aliphatic carbocycles. The Kier molecular flexibility index (Phi) is 3.39. The number of hydrogen-bond acceptors (Lipinski definition) is 2. The van der Waals surface area contributed by atoms with Crippen molar-refractivity contribution in [3.8, 4) is 0 Å². The third-order valence-electron chi connectivity index (χ3n) is 2.82. The lowest BCUT2D eigenvalue weighted by atomic mass is 9.98. The van der Waals surface area contributed by atoms with Gasteiger partial charge in [-0.25, -0.2) is 0 Å². The van der Waals surface area contributed by atoms with Crippen LogP contribution in [0.25, 0.3) is 0 Å². The van der Waals surface area contributed by atoms with Crippen LogP contribution in [-0.2, 0) is 5.92 Å². The molecule has 0 bridgehead atoms. The van der Waals surface area contributed by atoms with Crippen molar-refractivity contribution < 1.29 is 8.78 Å². The summed E-state index contributed by atoms with van der Waals surface area (Å²) < 4.78 is 28.5. The maximum Gasteiger partial charge on any atom is 0.298 e. The molecule has 1 heterocycles. The molecule has 0 fully saturated rings. The Balaban J connectivity index is 2.44. The van der Waals surface area contributed by atoms with E-state index in [9.17, 15) is 8.78 Å². The van der Waals surface area contributed by atoms with Crippen molar-refractivity contribution in [2.24, 2.45) is 5.73 Å². The number of nitrogens with zero attached hydrogens (tertiary/aromatic N) is 1. The second-order valence-electron chi connectivity index (χ2n) is 4.22. The zero-order chi connectivity index (χ0) is 13.2. The Morgan fingerprint density at radius 1 is 1.11 bits per heavy atom. The van der Waals surface area contributed by atoms with Gasteiger partial charge in [0.15, 0.2) is 0 Å². The van der Waals surface area contributed by atoms with Crippen LogP contribution in [0.1, 0.15) is 29.7 Å². The van der Waals surface area contributed by atoms with Crippen LogP contribution >= 0.6 is 0 Å². The van der Waals surface area contributed by atoms with Gasteiger partial charge in [0, 0.05) is 29.6 Å². The van der Waals surface area contributed by atoms with Crippen molar-refractivity contribution in [2.45, 2.75) is 18.9 Å². The predicted molar refractivity (Wildman–Crippen MR) is 66.3 cm³/mol. The van der Waals surface area contributed by atoms with E-state index in [1.807, 2.05) is 0 Å². The van der Waals surface area contributed by atoms with Gasteiger partial charge in [-0.1, -0.05) is 18.2 Å². The summed E-state index contributed by atoms with van der Waals surface area (Å²) in [6.45, 7) is 1.77. The highest BCUT2D eigenvalue weighted by molar-refractivity contribution is 5.35. The first kappa shape index (κ1) is 12.6. The standard InChI is InChI=1S/C14H14F2N2/c1-10(17)11-3-2-4-13(9-11)14(15,16)12-5-7-18-8-6-12/h2-10H,17H2,1H3. The molecule has 1 atom stereocenters. The van der Waals surface area contributed by atoms with Gasteiger partial charge in [0.05, 0.1) is 0 Å². The van der Waals surface area contributed by atoms with Crippen molar-refractivity contribution in [1.29, 1.82) is 0 Å². The molecule has 2 rings (SSSR count). The molecular formula is C14H14F2N2. The lowest BCUT2D eigenvalue weighted by Gasteiger charge is -2.18. The topological polar surface area (TPSA) is 38.9 Å². The average Bonchev–Trinajstić information content (AvgIpc) is 2.40. The van der Waals surface area contributed by atoms with E-state index in [0.717, 1.165) is 0 Å². The van der Waals surface area contributed by atoms with E-state index in [2.05, 4.69) is 4.98 Å². The van der Waals surface area contributed by atoms with E-state index in [1.54, 1.807) is 19.1 Å². The van der Waals surface area contributed by atoms with Gasteiger partial charge in [-0.15, -0.1) is 0 Å². The summed E-state index contributed by atoms with van der Waals surface area (Å²) in [6.07, 6.45) is 2.72. The maximum absolute atomic E-state index is 14.3. The Morgan fingerprint density at radius 2 is 1.78 bits per heavy atom. The minimum absolute atomic E-state index is 0.0523. The number of halogens is 2. The van der Waals surface area contributed by atoms with Crippen molar-refractivity contribution in [3.63, 3.8) is 0 Å². The fourth-order valence-electron chi connectivity index (χ4n) is 1.75.